The van der Waals surface area contributed by atoms with Crippen LogP contribution in [0, 0.1) is 0 Å². The zero-order chi connectivity index (χ0) is 18.0. The largest absolute Gasteiger partial charge is 0.497 e. The highest BCUT2D eigenvalue weighted by Crippen LogP contribution is 2.35. The van der Waals surface area contributed by atoms with Crippen LogP contribution in [0.5, 0.6) is 5.75 Å². The second kappa shape index (κ2) is 6.88. The summed E-state index contributed by atoms with van der Waals surface area (Å²) in [5.41, 5.74) is 0.559. The molecule has 0 saturated carbocycles. The van der Waals surface area contributed by atoms with Gasteiger partial charge in [0, 0.05) is 25.5 Å². The van der Waals surface area contributed by atoms with E-state index in [0.29, 0.717) is 13.0 Å². The molecule has 2 atom stereocenters. The van der Waals surface area contributed by atoms with Gasteiger partial charge >= 0.3 is 0 Å². The molecule has 6 nitrogen and oxygen atoms in total. The van der Waals surface area contributed by atoms with Crippen LogP contribution in [-0.2, 0) is 23.9 Å². The Morgan fingerprint density at radius 3 is 2.68 bits per heavy atom. The van der Waals surface area contributed by atoms with E-state index in [0.717, 1.165) is 29.8 Å². The molecule has 0 aliphatic carbocycles. The number of methoxy groups -OCH3 is 1. The van der Waals surface area contributed by atoms with E-state index in [1.807, 2.05) is 42.3 Å². The number of rotatable bonds is 5. The van der Waals surface area contributed by atoms with E-state index in [1.54, 1.807) is 24.9 Å². The Bertz CT molecular complexity index is 737. The fourth-order valence-electron chi connectivity index (χ4n) is 3.60. The van der Waals surface area contributed by atoms with Crippen molar-refractivity contribution in [2.45, 2.75) is 37.8 Å². The molecule has 1 aliphatic rings. The first-order chi connectivity index (χ1) is 11.9. The van der Waals surface area contributed by atoms with Gasteiger partial charge in [0.05, 0.1) is 19.6 Å². The van der Waals surface area contributed by atoms with E-state index in [9.17, 15) is 9.90 Å². The zero-order valence-corrected chi connectivity index (χ0v) is 15.0. The third-order valence-electron chi connectivity index (χ3n) is 5.15. The van der Waals surface area contributed by atoms with Crippen LogP contribution in [0.4, 0.5) is 0 Å². The highest BCUT2D eigenvalue weighted by atomic mass is 16.5. The van der Waals surface area contributed by atoms with Gasteiger partial charge in [-0.15, -0.1) is 0 Å². The predicted octanol–water partition coefficient (Wildman–Crippen LogP) is 1.87. The van der Waals surface area contributed by atoms with Crippen molar-refractivity contribution in [3.05, 3.63) is 47.8 Å². The Kier molecular flexibility index (Phi) is 4.81. The fourth-order valence-corrected chi connectivity index (χ4v) is 3.60. The number of hydrogen-bond acceptors (Lipinski definition) is 4. The van der Waals surface area contributed by atoms with Gasteiger partial charge in [0.2, 0.25) is 5.91 Å². The summed E-state index contributed by atoms with van der Waals surface area (Å²) in [6, 6.07) is 9.01. The number of hydrogen-bond donors (Lipinski definition) is 1. The summed E-state index contributed by atoms with van der Waals surface area (Å²) in [5.74, 6) is 0.773. The van der Waals surface area contributed by atoms with Crippen LogP contribution in [-0.4, -0.2) is 45.4 Å². The van der Waals surface area contributed by atoms with Gasteiger partial charge in [-0.2, -0.15) is 5.10 Å². The van der Waals surface area contributed by atoms with Crippen LogP contribution in [0.25, 0.3) is 0 Å². The third kappa shape index (κ3) is 3.39. The molecule has 0 radical (unpaired) electrons. The second-order valence-corrected chi connectivity index (χ2v) is 6.74. The molecule has 0 spiro atoms. The van der Waals surface area contributed by atoms with E-state index >= 15 is 0 Å². The van der Waals surface area contributed by atoms with Gasteiger partial charge in [-0.3, -0.25) is 9.48 Å². The van der Waals surface area contributed by atoms with E-state index < -0.39 is 5.60 Å². The summed E-state index contributed by atoms with van der Waals surface area (Å²) in [6.45, 7) is 2.46. The number of carbonyl (C=O) groups excluding carboxylic acids is 1. The van der Waals surface area contributed by atoms with Crippen LogP contribution < -0.4 is 4.74 Å². The topological polar surface area (TPSA) is 67.6 Å². The number of aliphatic hydroxyl groups is 1. The number of nitrogens with zero attached hydrogens (tertiary/aromatic N) is 3. The standard InChI is InChI=1S/C19H25N3O3/c1-19(24,14-6-8-16(25-3)9-7-14)17-5-4-12-22(17)18(23)13-15-10-11-20-21(15)2/h6-11,17,24H,4-5,12-13H2,1-3H3/t17-,19+/m1/s1. The maximum absolute atomic E-state index is 12.8. The summed E-state index contributed by atoms with van der Waals surface area (Å²) in [5, 5.41) is 15.3. The number of carbonyl (C=O) groups is 1. The number of ether oxygens (including phenoxy) is 1. The first-order valence-electron chi connectivity index (χ1n) is 8.56. The molecule has 1 aromatic heterocycles. The molecule has 1 N–H and O–H groups in total. The lowest BCUT2D eigenvalue weighted by atomic mass is 9.86. The van der Waals surface area contributed by atoms with Gasteiger partial charge in [-0.25, -0.2) is 0 Å². The van der Waals surface area contributed by atoms with Crippen molar-refractivity contribution in [3.63, 3.8) is 0 Å². The maximum atomic E-state index is 12.8. The van der Waals surface area contributed by atoms with Crippen LogP contribution in [0.3, 0.4) is 0 Å². The van der Waals surface area contributed by atoms with Gasteiger partial charge in [0.1, 0.15) is 11.4 Å². The highest BCUT2D eigenvalue weighted by molar-refractivity contribution is 5.79. The van der Waals surface area contributed by atoms with Crippen molar-refractivity contribution >= 4 is 5.91 Å². The number of benzene rings is 1. The lowest BCUT2D eigenvalue weighted by Crippen LogP contribution is -2.48. The van der Waals surface area contributed by atoms with Gasteiger partial charge < -0.3 is 14.7 Å². The minimum atomic E-state index is -1.11. The second-order valence-electron chi connectivity index (χ2n) is 6.74. The average molecular weight is 343 g/mol. The molecule has 6 heteroatoms. The Hall–Kier alpha value is -2.34. The summed E-state index contributed by atoms with van der Waals surface area (Å²) in [7, 11) is 3.44. The van der Waals surface area contributed by atoms with Crippen molar-refractivity contribution in [2.75, 3.05) is 13.7 Å². The molecule has 2 aromatic rings. The Morgan fingerprint density at radius 2 is 2.08 bits per heavy atom. The molecule has 25 heavy (non-hydrogen) atoms. The Morgan fingerprint density at radius 1 is 1.36 bits per heavy atom. The van der Waals surface area contributed by atoms with Crippen LogP contribution >= 0.6 is 0 Å². The average Bonchev–Trinajstić information content (AvgIpc) is 3.25. The number of amides is 1. The number of likely N-dealkylation sites (tertiary alicyclic amines) is 1. The zero-order valence-electron chi connectivity index (χ0n) is 15.0. The van der Waals surface area contributed by atoms with Gasteiger partial charge in [-0.05, 0) is 43.5 Å². The SMILES string of the molecule is COc1ccc([C@](C)(O)[C@H]2CCCN2C(=O)Cc2ccnn2C)cc1. The van der Waals surface area contributed by atoms with Gasteiger partial charge in [-0.1, -0.05) is 12.1 Å². The summed E-state index contributed by atoms with van der Waals surface area (Å²) >= 11 is 0. The molecule has 0 unspecified atom stereocenters. The minimum absolute atomic E-state index is 0.0277. The van der Waals surface area contributed by atoms with Gasteiger partial charge in [0.15, 0.2) is 0 Å². The maximum Gasteiger partial charge on any atom is 0.228 e. The Labute approximate surface area is 148 Å². The molecule has 1 amide bonds. The Balaban J connectivity index is 1.79. The molecule has 1 fully saturated rings. The summed E-state index contributed by atoms with van der Waals surface area (Å²) in [4.78, 5) is 14.6. The van der Waals surface area contributed by atoms with Crippen molar-refractivity contribution in [3.8, 4) is 5.75 Å². The van der Waals surface area contributed by atoms with Crippen LogP contribution in [0.1, 0.15) is 31.0 Å². The number of aromatic nitrogens is 2. The fraction of sp³-hybridized carbons (Fsp3) is 0.474. The first kappa shape index (κ1) is 17.5. The summed E-state index contributed by atoms with van der Waals surface area (Å²) in [6.07, 6.45) is 3.67. The van der Waals surface area contributed by atoms with Crippen molar-refractivity contribution < 1.29 is 14.6 Å². The third-order valence-corrected chi connectivity index (χ3v) is 5.15. The van der Waals surface area contributed by atoms with Crippen LogP contribution in [0.2, 0.25) is 0 Å². The molecule has 1 saturated heterocycles. The molecule has 1 aliphatic heterocycles. The molecule has 0 bridgehead atoms. The van der Waals surface area contributed by atoms with Crippen molar-refractivity contribution in [1.82, 2.24) is 14.7 Å². The van der Waals surface area contributed by atoms with Crippen molar-refractivity contribution in [2.24, 2.45) is 7.05 Å². The molecular weight excluding hydrogens is 318 g/mol. The van der Waals surface area contributed by atoms with E-state index in [2.05, 4.69) is 5.10 Å². The van der Waals surface area contributed by atoms with Crippen LogP contribution in [0.15, 0.2) is 36.5 Å². The molecule has 1 aromatic carbocycles. The minimum Gasteiger partial charge on any atom is -0.497 e. The molecule has 2 heterocycles. The molecule has 3 rings (SSSR count). The smallest absolute Gasteiger partial charge is 0.228 e. The molecular formula is C19H25N3O3. The predicted molar refractivity (Wildman–Crippen MR) is 94.2 cm³/mol. The highest BCUT2D eigenvalue weighted by Gasteiger charge is 2.42. The lowest BCUT2D eigenvalue weighted by Gasteiger charge is -2.37. The van der Waals surface area contributed by atoms with E-state index in [-0.39, 0.29) is 11.9 Å². The first-order valence-corrected chi connectivity index (χ1v) is 8.56. The number of aryl methyl sites for hydroxylation is 1. The normalized spacial score (nSPS) is 19.7. The monoisotopic (exact) mass is 343 g/mol. The van der Waals surface area contributed by atoms with E-state index in [4.69, 9.17) is 4.74 Å². The van der Waals surface area contributed by atoms with Gasteiger partial charge in [0.25, 0.3) is 0 Å². The quantitative estimate of drug-likeness (QED) is 0.900. The van der Waals surface area contributed by atoms with E-state index in [1.165, 1.54) is 0 Å². The summed E-state index contributed by atoms with van der Waals surface area (Å²) < 4.78 is 6.90. The lowest BCUT2D eigenvalue weighted by molar-refractivity contribution is -0.137. The molecule has 134 valence electrons. The van der Waals surface area contributed by atoms with Crippen molar-refractivity contribution in [1.29, 1.82) is 0 Å².